The fraction of sp³-hybridized carbons (Fsp3) is 0.667. The van der Waals surface area contributed by atoms with Gasteiger partial charge < -0.3 is 18.9 Å². The molecule has 0 amide bonds. The zero-order valence-electron chi connectivity index (χ0n) is 11.4. The summed E-state index contributed by atoms with van der Waals surface area (Å²) in [5, 5.41) is 0. The third-order valence-electron chi connectivity index (χ3n) is 2.30. The maximum absolute atomic E-state index is 11.0. The molecule has 9 heteroatoms. The predicted molar refractivity (Wildman–Crippen MR) is 76.2 cm³/mol. The molecule has 3 atom stereocenters. The van der Waals surface area contributed by atoms with Crippen LogP contribution in [0.1, 0.15) is 13.8 Å². The largest absolute Gasteiger partial charge is 0.463 e. The fourth-order valence-corrected chi connectivity index (χ4v) is 1.72. The molecule has 1 aliphatic heterocycles. The van der Waals surface area contributed by atoms with E-state index in [0.717, 1.165) is 0 Å². The van der Waals surface area contributed by atoms with Crippen LogP contribution in [0.2, 0.25) is 0 Å². The highest BCUT2D eigenvalue weighted by atomic mass is 35.6. The average Bonchev–Trinajstić information content (AvgIpc) is 2.34. The first-order valence-corrected chi connectivity index (χ1v) is 7.13. The summed E-state index contributed by atoms with van der Waals surface area (Å²) >= 11 is 16.7. The molecule has 0 spiro atoms. The zero-order chi connectivity index (χ0) is 16.0. The van der Waals surface area contributed by atoms with Crippen LogP contribution in [0, 0.1) is 0 Å². The van der Waals surface area contributed by atoms with Gasteiger partial charge >= 0.3 is 11.9 Å². The van der Waals surface area contributed by atoms with Gasteiger partial charge in [0.1, 0.15) is 18.8 Å². The number of hydrogen-bond donors (Lipinski definition) is 0. The summed E-state index contributed by atoms with van der Waals surface area (Å²) in [4.78, 5) is 21.9. The molecule has 6 nitrogen and oxygen atoms in total. The van der Waals surface area contributed by atoms with Gasteiger partial charge in [-0.1, -0.05) is 34.8 Å². The molecule has 0 aromatic carbocycles. The molecule has 0 aromatic heterocycles. The van der Waals surface area contributed by atoms with Gasteiger partial charge in [0.15, 0.2) is 6.29 Å². The van der Waals surface area contributed by atoms with Crippen LogP contribution in [0.3, 0.4) is 0 Å². The molecule has 21 heavy (non-hydrogen) atoms. The van der Waals surface area contributed by atoms with E-state index in [1.54, 1.807) is 6.08 Å². The van der Waals surface area contributed by atoms with Gasteiger partial charge in [0.25, 0.3) is 0 Å². The summed E-state index contributed by atoms with van der Waals surface area (Å²) in [6.45, 7) is 2.24. The van der Waals surface area contributed by atoms with E-state index in [0.29, 0.717) is 0 Å². The molecule has 0 fully saturated rings. The number of ether oxygens (including phenoxy) is 4. The molecule has 0 unspecified atom stereocenters. The highest BCUT2D eigenvalue weighted by Gasteiger charge is 2.32. The van der Waals surface area contributed by atoms with E-state index < -0.39 is 34.2 Å². The van der Waals surface area contributed by atoms with Crippen molar-refractivity contribution in [2.45, 2.75) is 36.1 Å². The second-order valence-corrected chi connectivity index (χ2v) is 6.75. The molecule has 0 saturated carbocycles. The van der Waals surface area contributed by atoms with Gasteiger partial charge in [-0.3, -0.25) is 9.59 Å². The lowest BCUT2D eigenvalue weighted by atomic mass is 10.1. The quantitative estimate of drug-likeness (QED) is 0.424. The SMILES string of the molecule is CC(=O)OC[C@H]1O[C@H](OCC(Cl)(Cl)Cl)C=C[C@@H]1OC(C)=O. The summed E-state index contributed by atoms with van der Waals surface area (Å²) < 4.78 is 19.1. The molecular weight excluding hydrogens is 346 g/mol. The molecule has 1 rings (SSSR count). The van der Waals surface area contributed by atoms with E-state index in [2.05, 4.69) is 0 Å². The molecular formula is C12H15Cl3O6. The van der Waals surface area contributed by atoms with Crippen molar-refractivity contribution in [1.29, 1.82) is 0 Å². The molecule has 0 saturated heterocycles. The third kappa shape index (κ3) is 7.87. The number of rotatable bonds is 5. The second-order valence-electron chi connectivity index (χ2n) is 4.23. The molecule has 0 radical (unpaired) electrons. The summed E-state index contributed by atoms with van der Waals surface area (Å²) in [5.74, 6) is -0.963. The Morgan fingerprint density at radius 2 is 1.86 bits per heavy atom. The molecule has 0 aromatic rings. The lowest BCUT2D eigenvalue weighted by Crippen LogP contribution is -2.42. The number of alkyl halides is 3. The zero-order valence-corrected chi connectivity index (χ0v) is 13.7. The molecule has 0 bridgehead atoms. The molecule has 0 aliphatic carbocycles. The Hall–Kier alpha value is -0.530. The van der Waals surface area contributed by atoms with Gasteiger partial charge in [0.05, 0.1) is 6.61 Å². The third-order valence-corrected chi connectivity index (χ3v) is 2.62. The Morgan fingerprint density at radius 3 is 2.38 bits per heavy atom. The maximum Gasteiger partial charge on any atom is 0.303 e. The fourth-order valence-electron chi connectivity index (χ4n) is 1.53. The smallest absolute Gasteiger partial charge is 0.303 e. The molecule has 1 aliphatic rings. The maximum atomic E-state index is 11.0. The van der Waals surface area contributed by atoms with Crippen molar-refractivity contribution in [3.05, 3.63) is 12.2 Å². The summed E-state index contributed by atoms with van der Waals surface area (Å²) in [6.07, 6.45) is 0.904. The van der Waals surface area contributed by atoms with E-state index in [-0.39, 0.29) is 13.2 Å². The summed E-state index contributed by atoms with van der Waals surface area (Å²) in [5.41, 5.74) is 0. The van der Waals surface area contributed by atoms with Crippen LogP contribution < -0.4 is 0 Å². The van der Waals surface area contributed by atoms with Crippen LogP contribution in [-0.4, -0.2) is 47.4 Å². The number of carbonyl (C=O) groups excluding carboxylic acids is 2. The van der Waals surface area contributed by atoms with E-state index in [1.807, 2.05) is 0 Å². The van der Waals surface area contributed by atoms with Crippen molar-refractivity contribution in [1.82, 2.24) is 0 Å². The lowest BCUT2D eigenvalue weighted by molar-refractivity contribution is -0.196. The molecule has 0 N–H and O–H groups in total. The Kier molecular flexibility index (Phi) is 7.23. The number of carbonyl (C=O) groups is 2. The minimum Gasteiger partial charge on any atom is -0.463 e. The summed E-state index contributed by atoms with van der Waals surface area (Å²) in [7, 11) is 0. The van der Waals surface area contributed by atoms with Crippen LogP contribution >= 0.6 is 34.8 Å². The van der Waals surface area contributed by atoms with Crippen LogP contribution in [0.15, 0.2) is 12.2 Å². The minimum absolute atomic E-state index is 0.0920. The van der Waals surface area contributed by atoms with Crippen molar-refractivity contribution in [3.63, 3.8) is 0 Å². The second kappa shape index (κ2) is 8.19. The van der Waals surface area contributed by atoms with Gasteiger partial charge in [-0.2, -0.15) is 0 Å². The monoisotopic (exact) mass is 360 g/mol. The lowest BCUT2D eigenvalue weighted by Gasteiger charge is -2.31. The van der Waals surface area contributed by atoms with Gasteiger partial charge in [-0.05, 0) is 12.2 Å². The van der Waals surface area contributed by atoms with E-state index in [4.69, 9.17) is 53.8 Å². The van der Waals surface area contributed by atoms with Gasteiger partial charge in [-0.15, -0.1) is 0 Å². The van der Waals surface area contributed by atoms with Gasteiger partial charge in [0.2, 0.25) is 3.79 Å². The predicted octanol–water partition coefficient (Wildman–Crippen LogP) is 2.15. The number of esters is 2. The van der Waals surface area contributed by atoms with Crippen LogP contribution in [0.5, 0.6) is 0 Å². The Bertz CT molecular complexity index is 406. The van der Waals surface area contributed by atoms with Crippen molar-refractivity contribution in [2.24, 2.45) is 0 Å². The normalized spacial score (nSPS) is 25.5. The van der Waals surface area contributed by atoms with E-state index in [1.165, 1.54) is 19.9 Å². The van der Waals surface area contributed by atoms with E-state index >= 15 is 0 Å². The van der Waals surface area contributed by atoms with Crippen molar-refractivity contribution >= 4 is 46.7 Å². The van der Waals surface area contributed by atoms with Crippen LogP contribution in [0.25, 0.3) is 0 Å². The van der Waals surface area contributed by atoms with E-state index in [9.17, 15) is 9.59 Å². The van der Waals surface area contributed by atoms with Crippen molar-refractivity contribution < 1.29 is 28.5 Å². The number of halogens is 3. The molecule has 1 heterocycles. The first kappa shape index (κ1) is 18.5. The first-order valence-electron chi connectivity index (χ1n) is 6.00. The highest BCUT2D eigenvalue weighted by molar-refractivity contribution is 6.67. The summed E-state index contributed by atoms with van der Waals surface area (Å²) in [6, 6.07) is 0. The van der Waals surface area contributed by atoms with Crippen molar-refractivity contribution in [2.75, 3.05) is 13.2 Å². The Balaban J connectivity index is 2.64. The first-order chi connectivity index (χ1) is 9.67. The Morgan fingerprint density at radius 1 is 1.19 bits per heavy atom. The Labute approximate surface area is 137 Å². The topological polar surface area (TPSA) is 71.1 Å². The highest BCUT2D eigenvalue weighted by Crippen LogP contribution is 2.27. The van der Waals surface area contributed by atoms with Gasteiger partial charge in [-0.25, -0.2) is 0 Å². The van der Waals surface area contributed by atoms with Gasteiger partial charge in [0, 0.05) is 13.8 Å². The number of hydrogen-bond acceptors (Lipinski definition) is 6. The average molecular weight is 362 g/mol. The van der Waals surface area contributed by atoms with Crippen LogP contribution in [-0.2, 0) is 28.5 Å². The molecule has 120 valence electrons. The van der Waals surface area contributed by atoms with Crippen molar-refractivity contribution in [3.8, 4) is 0 Å². The van der Waals surface area contributed by atoms with Crippen LogP contribution in [0.4, 0.5) is 0 Å². The standard InChI is InChI=1S/C12H15Cl3O6/c1-7(16)18-5-10-9(20-8(2)17)3-4-11(21-10)19-6-12(13,14)15/h3-4,9-11H,5-6H2,1-2H3/t9-,10+,11-/m0/s1. The minimum atomic E-state index is -1.57.